The predicted octanol–water partition coefficient (Wildman–Crippen LogP) is 3.24. The first-order chi connectivity index (χ1) is 7.52. The molecule has 0 aliphatic carbocycles. The van der Waals surface area contributed by atoms with Crippen LogP contribution in [-0.2, 0) is 0 Å². The summed E-state index contributed by atoms with van der Waals surface area (Å²) in [4.78, 5) is 13.9. The molecule has 2 aromatic rings. The van der Waals surface area contributed by atoms with Gasteiger partial charge in [-0.15, -0.1) is 0 Å². The van der Waals surface area contributed by atoms with Gasteiger partial charge in [0.2, 0.25) is 0 Å². The zero-order valence-corrected chi connectivity index (χ0v) is 8.95. The van der Waals surface area contributed by atoms with Gasteiger partial charge in [0.25, 0.3) is 0 Å². The number of benzene rings is 1. The van der Waals surface area contributed by atoms with Crippen molar-refractivity contribution in [3.8, 4) is 0 Å². The number of pyridine rings is 1. The summed E-state index contributed by atoms with van der Waals surface area (Å²) < 4.78 is 13.2. The number of aryl methyl sites for hydroxylation is 1. The van der Waals surface area contributed by atoms with Gasteiger partial charge in [-0.1, -0.05) is 11.6 Å². The molecule has 0 unspecified atom stereocenters. The summed E-state index contributed by atoms with van der Waals surface area (Å²) in [5, 5.41) is 11.0. The van der Waals surface area contributed by atoms with Crippen LogP contribution in [0.15, 0.2) is 18.3 Å². The van der Waals surface area contributed by atoms with Crippen LogP contribution in [0.4, 0.5) is 10.1 Å². The molecule has 1 aromatic heterocycles. The van der Waals surface area contributed by atoms with Crippen LogP contribution in [-0.4, -0.2) is 9.91 Å². The van der Waals surface area contributed by atoms with Crippen LogP contribution in [0, 0.1) is 22.9 Å². The maximum atomic E-state index is 13.2. The van der Waals surface area contributed by atoms with Crippen molar-refractivity contribution >= 4 is 28.2 Å². The van der Waals surface area contributed by atoms with E-state index in [1.54, 1.807) is 6.92 Å². The minimum Gasteiger partial charge on any atom is -0.258 e. The Balaban J connectivity index is 2.87. The Kier molecular flexibility index (Phi) is 2.47. The van der Waals surface area contributed by atoms with Gasteiger partial charge in [-0.2, -0.15) is 0 Å². The van der Waals surface area contributed by atoms with E-state index in [2.05, 4.69) is 4.98 Å². The van der Waals surface area contributed by atoms with Gasteiger partial charge in [-0.25, -0.2) is 9.37 Å². The fraction of sp³-hybridized carbons (Fsp3) is 0.100. The first-order valence-electron chi connectivity index (χ1n) is 4.40. The molecule has 0 amide bonds. The van der Waals surface area contributed by atoms with E-state index >= 15 is 0 Å². The lowest BCUT2D eigenvalue weighted by Gasteiger charge is -2.04. The number of nitrogens with zero attached hydrogens (tertiary/aromatic N) is 2. The van der Waals surface area contributed by atoms with Crippen LogP contribution >= 0.6 is 11.6 Å². The van der Waals surface area contributed by atoms with E-state index in [0.717, 1.165) is 6.20 Å². The summed E-state index contributed by atoms with van der Waals surface area (Å²) in [7, 11) is 0. The second-order valence-corrected chi connectivity index (χ2v) is 3.66. The Morgan fingerprint density at radius 2 is 2.19 bits per heavy atom. The van der Waals surface area contributed by atoms with Crippen molar-refractivity contribution in [3.05, 3.63) is 44.8 Å². The highest BCUT2D eigenvalue weighted by molar-refractivity contribution is 6.37. The highest BCUT2D eigenvalue weighted by Crippen LogP contribution is 2.32. The third-order valence-corrected chi connectivity index (χ3v) is 2.74. The van der Waals surface area contributed by atoms with Crippen LogP contribution in [0.3, 0.4) is 0 Å². The second-order valence-electron chi connectivity index (χ2n) is 3.28. The lowest BCUT2D eigenvalue weighted by molar-refractivity contribution is -0.384. The molecular formula is C10H6ClFN2O2. The average Bonchev–Trinajstić information content (AvgIpc) is 2.23. The lowest BCUT2D eigenvalue weighted by atomic mass is 10.1. The highest BCUT2D eigenvalue weighted by Gasteiger charge is 2.17. The summed E-state index contributed by atoms with van der Waals surface area (Å²) in [5.41, 5.74) is 0.394. The maximum absolute atomic E-state index is 13.2. The van der Waals surface area contributed by atoms with Gasteiger partial charge in [0.05, 0.1) is 10.4 Å². The number of hydrogen-bond acceptors (Lipinski definition) is 3. The van der Waals surface area contributed by atoms with E-state index in [9.17, 15) is 14.5 Å². The summed E-state index contributed by atoms with van der Waals surface area (Å²) in [5.74, 6) is -0.412. The van der Waals surface area contributed by atoms with Gasteiger partial charge < -0.3 is 0 Å². The maximum Gasteiger partial charge on any atom is 0.306 e. The fourth-order valence-corrected chi connectivity index (χ4v) is 1.74. The molecule has 6 heteroatoms. The fourth-order valence-electron chi connectivity index (χ4n) is 1.47. The van der Waals surface area contributed by atoms with Crippen molar-refractivity contribution in [3.63, 3.8) is 0 Å². The van der Waals surface area contributed by atoms with Gasteiger partial charge in [0.1, 0.15) is 17.0 Å². The number of halogens is 2. The Labute approximate surface area is 94.8 Å². The van der Waals surface area contributed by atoms with Gasteiger partial charge in [-0.3, -0.25) is 10.1 Å². The third-order valence-electron chi connectivity index (χ3n) is 2.34. The molecular weight excluding hydrogens is 235 g/mol. The van der Waals surface area contributed by atoms with Crippen molar-refractivity contribution in [1.82, 2.24) is 4.98 Å². The molecule has 0 aliphatic heterocycles. The molecule has 4 nitrogen and oxygen atoms in total. The molecule has 0 saturated carbocycles. The topological polar surface area (TPSA) is 56.0 Å². The summed E-state index contributed by atoms with van der Waals surface area (Å²) >= 11 is 5.86. The van der Waals surface area contributed by atoms with E-state index in [0.29, 0.717) is 16.5 Å². The van der Waals surface area contributed by atoms with Crippen LogP contribution in [0.25, 0.3) is 10.9 Å². The van der Waals surface area contributed by atoms with Crippen molar-refractivity contribution in [2.45, 2.75) is 6.92 Å². The number of nitro groups is 1. The predicted molar refractivity (Wildman–Crippen MR) is 58.1 cm³/mol. The smallest absolute Gasteiger partial charge is 0.258 e. The molecule has 0 aliphatic rings. The van der Waals surface area contributed by atoms with Gasteiger partial charge in [-0.05, 0) is 19.1 Å². The summed E-state index contributed by atoms with van der Waals surface area (Å²) in [6, 6.07) is 2.61. The number of fused-ring (bicyclic) bond motifs is 1. The van der Waals surface area contributed by atoms with E-state index in [1.807, 2.05) is 0 Å². The zero-order chi connectivity index (χ0) is 11.9. The standard InChI is InChI=1S/C10H6ClFN2O2/c1-5-7(12)3-2-6-9(11)8(14(15)16)4-13-10(5)6/h2-4H,1H3. The molecule has 0 saturated heterocycles. The second kappa shape index (κ2) is 3.68. The minimum atomic E-state index is -0.618. The minimum absolute atomic E-state index is 0.0156. The van der Waals surface area contributed by atoms with Gasteiger partial charge in [0, 0.05) is 10.9 Å². The molecule has 82 valence electrons. The largest absolute Gasteiger partial charge is 0.306 e. The molecule has 0 bridgehead atoms. The molecule has 0 fully saturated rings. The summed E-state index contributed by atoms with van der Waals surface area (Å²) in [6.07, 6.45) is 1.04. The molecule has 1 heterocycles. The third kappa shape index (κ3) is 1.49. The SMILES string of the molecule is Cc1c(F)ccc2c(Cl)c([N+](=O)[O-])cnc12. The molecule has 2 rings (SSSR count). The van der Waals surface area contributed by atoms with Gasteiger partial charge >= 0.3 is 5.69 Å². The molecule has 1 aromatic carbocycles. The summed E-state index contributed by atoms with van der Waals surface area (Å²) in [6.45, 7) is 1.55. The van der Waals surface area contributed by atoms with Crippen molar-refractivity contribution in [2.24, 2.45) is 0 Å². The number of rotatable bonds is 1. The van der Waals surface area contributed by atoms with Gasteiger partial charge in [0.15, 0.2) is 0 Å². The van der Waals surface area contributed by atoms with E-state index in [1.165, 1.54) is 12.1 Å². The molecule has 0 radical (unpaired) electrons. The lowest BCUT2D eigenvalue weighted by Crippen LogP contribution is -1.94. The first kappa shape index (κ1) is 10.8. The van der Waals surface area contributed by atoms with Crippen LogP contribution in [0.5, 0.6) is 0 Å². The van der Waals surface area contributed by atoms with Crippen molar-refractivity contribution in [2.75, 3.05) is 0 Å². The molecule has 0 atom stereocenters. The number of hydrogen-bond donors (Lipinski definition) is 0. The quantitative estimate of drug-likeness (QED) is 0.568. The number of aromatic nitrogens is 1. The monoisotopic (exact) mass is 240 g/mol. The van der Waals surface area contributed by atoms with Crippen molar-refractivity contribution in [1.29, 1.82) is 0 Å². The molecule has 16 heavy (non-hydrogen) atoms. The first-order valence-corrected chi connectivity index (χ1v) is 4.78. The zero-order valence-electron chi connectivity index (χ0n) is 8.20. The Morgan fingerprint density at radius 1 is 1.50 bits per heavy atom. The molecule has 0 spiro atoms. The van der Waals surface area contributed by atoms with E-state index in [4.69, 9.17) is 11.6 Å². The highest BCUT2D eigenvalue weighted by atomic mass is 35.5. The normalized spacial score (nSPS) is 10.7. The van der Waals surface area contributed by atoms with Crippen molar-refractivity contribution < 1.29 is 9.31 Å². The van der Waals surface area contributed by atoms with Crippen LogP contribution in [0.2, 0.25) is 5.02 Å². The Morgan fingerprint density at radius 3 is 2.81 bits per heavy atom. The Bertz CT molecular complexity index is 601. The van der Waals surface area contributed by atoms with E-state index < -0.39 is 10.7 Å². The van der Waals surface area contributed by atoms with Crippen LogP contribution < -0.4 is 0 Å². The van der Waals surface area contributed by atoms with Crippen LogP contribution in [0.1, 0.15) is 5.56 Å². The van der Waals surface area contributed by atoms with E-state index in [-0.39, 0.29) is 10.7 Å². The molecule has 0 N–H and O–H groups in total. The average molecular weight is 241 g/mol. The Hall–Kier alpha value is -1.75.